The van der Waals surface area contributed by atoms with Gasteiger partial charge in [0.2, 0.25) is 0 Å². The van der Waals surface area contributed by atoms with Gasteiger partial charge in [0.05, 0.1) is 17.6 Å². The van der Waals surface area contributed by atoms with E-state index in [1.807, 2.05) is 0 Å². The summed E-state index contributed by atoms with van der Waals surface area (Å²) in [4.78, 5) is 17.0. The first-order chi connectivity index (χ1) is 12.3. The number of aromatic hydroxyl groups is 1. The molecule has 1 aliphatic rings. The molecule has 0 bridgehead atoms. The van der Waals surface area contributed by atoms with Crippen molar-refractivity contribution in [2.24, 2.45) is 0 Å². The van der Waals surface area contributed by atoms with Gasteiger partial charge in [0.1, 0.15) is 5.75 Å². The molecule has 1 unspecified atom stereocenters. The summed E-state index contributed by atoms with van der Waals surface area (Å²) < 4.78 is 41.7. The van der Waals surface area contributed by atoms with Crippen LogP contribution in [-0.4, -0.2) is 20.6 Å². The van der Waals surface area contributed by atoms with Gasteiger partial charge in [-0.25, -0.2) is 4.98 Å². The van der Waals surface area contributed by atoms with E-state index in [0.29, 0.717) is 5.56 Å². The maximum Gasteiger partial charge on any atom is 0.418 e. The van der Waals surface area contributed by atoms with E-state index >= 15 is 0 Å². The van der Waals surface area contributed by atoms with Crippen LogP contribution < -0.4 is 5.32 Å². The second-order valence-electron chi connectivity index (χ2n) is 5.91. The third kappa shape index (κ3) is 2.11. The number of anilines is 1. The zero-order chi connectivity index (χ0) is 18.5. The van der Waals surface area contributed by atoms with E-state index in [-0.39, 0.29) is 17.0 Å². The average Bonchev–Trinajstić information content (AvgIpc) is 3.20. The molecule has 1 atom stereocenters. The van der Waals surface area contributed by atoms with Crippen molar-refractivity contribution < 1.29 is 23.1 Å². The quantitative estimate of drug-likeness (QED) is 0.737. The minimum Gasteiger partial charge on any atom is -0.508 e. The number of amides is 1. The van der Waals surface area contributed by atoms with Gasteiger partial charge in [-0.15, -0.1) is 0 Å². The Morgan fingerprint density at radius 2 is 1.85 bits per heavy atom. The fourth-order valence-corrected chi connectivity index (χ4v) is 3.40. The van der Waals surface area contributed by atoms with Gasteiger partial charge >= 0.3 is 6.18 Å². The van der Waals surface area contributed by atoms with Crippen LogP contribution in [0.1, 0.15) is 16.7 Å². The molecule has 0 spiro atoms. The first kappa shape index (κ1) is 16.2. The van der Waals surface area contributed by atoms with Crippen molar-refractivity contribution in [3.63, 3.8) is 0 Å². The molecule has 8 heteroatoms. The van der Waals surface area contributed by atoms with E-state index in [4.69, 9.17) is 0 Å². The van der Waals surface area contributed by atoms with Crippen molar-refractivity contribution in [2.45, 2.75) is 11.7 Å². The molecular formula is C18H12F3N3O2. The zero-order valence-electron chi connectivity index (χ0n) is 13.2. The van der Waals surface area contributed by atoms with E-state index in [9.17, 15) is 23.1 Å². The fourth-order valence-electron chi connectivity index (χ4n) is 3.40. The predicted octanol–water partition coefficient (Wildman–Crippen LogP) is 3.35. The molecule has 0 fully saturated rings. The Hall–Kier alpha value is -3.29. The number of fused-ring (bicyclic) bond motifs is 1. The minimum atomic E-state index is -4.61. The highest BCUT2D eigenvalue weighted by Gasteiger charge is 2.52. The third-order valence-corrected chi connectivity index (χ3v) is 4.50. The number of halogens is 3. The molecule has 0 saturated carbocycles. The number of hydrogen-bond donors (Lipinski definition) is 2. The maximum atomic E-state index is 13.4. The van der Waals surface area contributed by atoms with Crippen molar-refractivity contribution in [1.29, 1.82) is 0 Å². The topological polar surface area (TPSA) is 67.2 Å². The van der Waals surface area contributed by atoms with Crippen LogP contribution >= 0.6 is 0 Å². The van der Waals surface area contributed by atoms with Gasteiger partial charge in [0.25, 0.3) is 5.91 Å². The lowest BCUT2D eigenvalue weighted by atomic mass is 9.83. The van der Waals surface area contributed by atoms with Crippen molar-refractivity contribution in [3.8, 4) is 5.75 Å². The number of phenolic OH excluding ortho intramolecular Hbond substituents is 1. The maximum absolute atomic E-state index is 13.4. The first-order valence-corrected chi connectivity index (χ1v) is 7.65. The normalized spacial score (nSPS) is 19.3. The molecule has 1 aliphatic heterocycles. The molecule has 132 valence electrons. The summed E-state index contributed by atoms with van der Waals surface area (Å²) in [6, 6.07) is 9.46. The Morgan fingerprint density at radius 1 is 1.12 bits per heavy atom. The third-order valence-electron chi connectivity index (χ3n) is 4.50. The van der Waals surface area contributed by atoms with Gasteiger partial charge in [-0.05, 0) is 23.8 Å². The minimum absolute atomic E-state index is 0.0165. The van der Waals surface area contributed by atoms with Gasteiger partial charge in [0.15, 0.2) is 5.54 Å². The number of imidazole rings is 1. The smallest absolute Gasteiger partial charge is 0.418 e. The predicted molar refractivity (Wildman–Crippen MR) is 86.6 cm³/mol. The number of aromatic nitrogens is 2. The molecule has 1 amide bonds. The highest BCUT2D eigenvalue weighted by Crippen LogP contribution is 2.48. The van der Waals surface area contributed by atoms with E-state index in [1.165, 1.54) is 59.7 Å². The summed E-state index contributed by atoms with van der Waals surface area (Å²) in [5.74, 6) is -0.648. The summed E-state index contributed by atoms with van der Waals surface area (Å²) in [6.45, 7) is 0. The molecule has 2 aromatic carbocycles. The van der Waals surface area contributed by atoms with Crippen molar-refractivity contribution in [3.05, 3.63) is 77.9 Å². The van der Waals surface area contributed by atoms with Crippen LogP contribution in [0.4, 0.5) is 18.9 Å². The molecule has 26 heavy (non-hydrogen) atoms. The van der Waals surface area contributed by atoms with Gasteiger partial charge in [-0.1, -0.05) is 24.3 Å². The molecule has 1 aromatic heterocycles. The second kappa shape index (κ2) is 5.35. The Labute approximate surface area is 145 Å². The van der Waals surface area contributed by atoms with E-state index in [1.54, 1.807) is 0 Å². The monoisotopic (exact) mass is 359 g/mol. The first-order valence-electron chi connectivity index (χ1n) is 7.65. The highest BCUT2D eigenvalue weighted by atomic mass is 19.4. The van der Waals surface area contributed by atoms with Gasteiger partial charge in [0, 0.05) is 18.0 Å². The number of phenols is 1. The standard InChI is InChI=1S/C18H12F3N3O2/c19-18(20,21)14-3-1-2-13-15(14)23-16(26)17(13,24-9-8-22-10-24)11-4-6-12(25)7-5-11/h1-10,25H,(H,23,26). The van der Waals surface area contributed by atoms with Crippen LogP contribution in [0.5, 0.6) is 5.75 Å². The molecule has 0 aliphatic carbocycles. The Balaban J connectivity index is 2.07. The molecular weight excluding hydrogens is 347 g/mol. The molecule has 0 saturated heterocycles. The van der Waals surface area contributed by atoms with Crippen LogP contribution in [0.2, 0.25) is 0 Å². The summed E-state index contributed by atoms with van der Waals surface area (Å²) in [6.07, 6.45) is -0.275. The number of para-hydroxylation sites is 1. The number of nitrogens with one attached hydrogen (secondary N) is 1. The lowest BCUT2D eigenvalue weighted by molar-refractivity contribution is -0.136. The number of alkyl halides is 3. The number of hydrogen-bond acceptors (Lipinski definition) is 3. The average molecular weight is 359 g/mol. The molecule has 4 rings (SSSR count). The Bertz CT molecular complexity index is 982. The number of carbonyl (C=O) groups is 1. The highest BCUT2D eigenvalue weighted by molar-refractivity contribution is 6.09. The largest absolute Gasteiger partial charge is 0.508 e. The second-order valence-corrected chi connectivity index (χ2v) is 5.91. The summed E-state index contributed by atoms with van der Waals surface area (Å²) >= 11 is 0. The molecule has 5 nitrogen and oxygen atoms in total. The molecule has 3 aromatic rings. The van der Waals surface area contributed by atoms with Crippen LogP contribution in [0.15, 0.2) is 61.2 Å². The summed E-state index contributed by atoms with van der Waals surface area (Å²) in [7, 11) is 0. The molecule has 0 radical (unpaired) electrons. The van der Waals surface area contributed by atoms with Gasteiger partial charge < -0.3 is 15.0 Å². The number of carbonyl (C=O) groups excluding carboxylic acids is 1. The molecule has 2 N–H and O–H groups in total. The van der Waals surface area contributed by atoms with E-state index in [0.717, 1.165) is 6.07 Å². The Morgan fingerprint density at radius 3 is 2.46 bits per heavy atom. The Kier molecular flexibility index (Phi) is 3.33. The summed E-state index contributed by atoms with van der Waals surface area (Å²) in [5, 5.41) is 12.0. The number of benzene rings is 2. The van der Waals surface area contributed by atoms with Gasteiger partial charge in [-0.3, -0.25) is 4.79 Å². The molecule has 2 heterocycles. The number of rotatable bonds is 2. The van der Waals surface area contributed by atoms with Gasteiger partial charge in [-0.2, -0.15) is 13.2 Å². The van der Waals surface area contributed by atoms with Crippen LogP contribution in [0.25, 0.3) is 0 Å². The van der Waals surface area contributed by atoms with E-state index in [2.05, 4.69) is 10.3 Å². The van der Waals surface area contributed by atoms with Crippen molar-refractivity contribution in [2.75, 3.05) is 5.32 Å². The zero-order valence-corrected chi connectivity index (χ0v) is 13.2. The SMILES string of the molecule is O=C1Nc2c(C(F)(F)F)cccc2C1(c1ccc(O)cc1)n1ccnc1. The lowest BCUT2D eigenvalue weighted by Crippen LogP contribution is -2.42. The van der Waals surface area contributed by atoms with Crippen molar-refractivity contribution >= 4 is 11.6 Å². The lowest BCUT2D eigenvalue weighted by Gasteiger charge is -2.30. The van der Waals surface area contributed by atoms with Crippen LogP contribution in [0, 0.1) is 0 Å². The number of nitrogens with zero attached hydrogens (tertiary/aromatic N) is 2. The van der Waals surface area contributed by atoms with Crippen LogP contribution in [-0.2, 0) is 16.5 Å². The summed E-state index contributed by atoms with van der Waals surface area (Å²) in [5.41, 5.74) is -2.17. The fraction of sp³-hybridized carbons (Fsp3) is 0.111. The van der Waals surface area contributed by atoms with Crippen molar-refractivity contribution in [1.82, 2.24) is 9.55 Å². The van der Waals surface area contributed by atoms with E-state index < -0.39 is 23.2 Å². The van der Waals surface area contributed by atoms with Crippen LogP contribution in [0.3, 0.4) is 0 Å².